The number of carbonyl (C=O) groups excluding carboxylic acids is 2. The first-order chi connectivity index (χ1) is 10.0. The number of aromatic nitrogens is 1. The van der Waals surface area contributed by atoms with Crippen LogP contribution in [0, 0.1) is 0 Å². The summed E-state index contributed by atoms with van der Waals surface area (Å²) in [5, 5.41) is 8.49. The van der Waals surface area contributed by atoms with Crippen molar-refractivity contribution < 1.29 is 9.59 Å². The maximum atomic E-state index is 11.0. The molecule has 0 radical (unpaired) electrons. The van der Waals surface area contributed by atoms with Crippen LogP contribution >= 0.6 is 0 Å². The molecule has 2 amide bonds. The minimum Gasteiger partial charge on any atom is -0.354 e. The number of nitrogens with one attached hydrogen (secondary N) is 3. The molecule has 6 heteroatoms. The fourth-order valence-corrected chi connectivity index (χ4v) is 1.77. The first-order valence-corrected chi connectivity index (χ1v) is 6.41. The van der Waals surface area contributed by atoms with Gasteiger partial charge in [-0.3, -0.25) is 9.59 Å². The van der Waals surface area contributed by atoms with E-state index >= 15 is 0 Å². The summed E-state index contributed by atoms with van der Waals surface area (Å²) >= 11 is 0. The number of amides is 2. The lowest BCUT2D eigenvalue weighted by atomic mass is 10.2. The Morgan fingerprint density at radius 3 is 2.24 bits per heavy atom. The third-order valence-electron chi connectivity index (χ3n) is 2.54. The number of benzene rings is 1. The van der Waals surface area contributed by atoms with Gasteiger partial charge >= 0.3 is 0 Å². The van der Waals surface area contributed by atoms with Crippen molar-refractivity contribution in [1.82, 2.24) is 4.98 Å². The van der Waals surface area contributed by atoms with Crippen molar-refractivity contribution in [3.05, 3.63) is 42.6 Å². The molecule has 3 N–H and O–H groups in total. The van der Waals surface area contributed by atoms with Crippen molar-refractivity contribution >= 4 is 34.7 Å². The zero-order valence-corrected chi connectivity index (χ0v) is 11.8. The van der Waals surface area contributed by atoms with Crippen molar-refractivity contribution in [2.45, 2.75) is 13.8 Å². The van der Waals surface area contributed by atoms with Gasteiger partial charge in [-0.2, -0.15) is 0 Å². The normalized spacial score (nSPS) is 9.81. The number of anilines is 4. The van der Waals surface area contributed by atoms with Gasteiger partial charge in [0.15, 0.2) is 0 Å². The average Bonchev–Trinajstić information content (AvgIpc) is 2.40. The summed E-state index contributed by atoms with van der Waals surface area (Å²) in [7, 11) is 0. The van der Waals surface area contributed by atoms with E-state index in [2.05, 4.69) is 20.9 Å². The topological polar surface area (TPSA) is 83.1 Å². The SMILES string of the molecule is CC(=O)Nc1cccc(Nc2ccc(NC(C)=O)nc2)c1. The van der Waals surface area contributed by atoms with Crippen LogP contribution in [0.4, 0.5) is 22.9 Å². The Kier molecular flexibility index (Phi) is 4.50. The smallest absolute Gasteiger partial charge is 0.222 e. The second-order valence-corrected chi connectivity index (χ2v) is 4.50. The second-order valence-electron chi connectivity index (χ2n) is 4.50. The zero-order chi connectivity index (χ0) is 15.2. The molecule has 0 aliphatic rings. The molecule has 0 aliphatic carbocycles. The summed E-state index contributed by atoms with van der Waals surface area (Å²) in [5.74, 6) is 0.222. The molecule has 2 rings (SSSR count). The standard InChI is InChI=1S/C15H16N4O2/c1-10(20)17-12-4-3-5-13(8-12)19-14-6-7-15(16-9-14)18-11(2)21/h3-9,19H,1-2H3,(H,17,20)(H,16,18,21). The van der Waals surface area contributed by atoms with Crippen LogP contribution in [-0.4, -0.2) is 16.8 Å². The molecule has 0 saturated carbocycles. The predicted molar refractivity (Wildman–Crippen MR) is 82.6 cm³/mol. The van der Waals surface area contributed by atoms with Gasteiger partial charge in [0.25, 0.3) is 0 Å². The van der Waals surface area contributed by atoms with E-state index in [4.69, 9.17) is 0 Å². The Bertz CT molecular complexity index is 653. The molecule has 1 aromatic carbocycles. The number of rotatable bonds is 4. The monoisotopic (exact) mass is 284 g/mol. The van der Waals surface area contributed by atoms with Crippen LogP contribution in [0.15, 0.2) is 42.6 Å². The molecule has 0 unspecified atom stereocenters. The van der Waals surface area contributed by atoms with Gasteiger partial charge in [0.2, 0.25) is 11.8 Å². The van der Waals surface area contributed by atoms with Gasteiger partial charge in [-0.15, -0.1) is 0 Å². The summed E-state index contributed by atoms with van der Waals surface area (Å²) in [4.78, 5) is 26.1. The van der Waals surface area contributed by atoms with E-state index in [-0.39, 0.29) is 11.8 Å². The summed E-state index contributed by atoms with van der Waals surface area (Å²) in [6.45, 7) is 2.89. The van der Waals surface area contributed by atoms with Crippen LogP contribution in [0.25, 0.3) is 0 Å². The molecule has 1 aromatic heterocycles. The fourth-order valence-electron chi connectivity index (χ4n) is 1.77. The molecule has 1 heterocycles. The molecule has 108 valence electrons. The van der Waals surface area contributed by atoms with Crippen LogP contribution in [0.1, 0.15) is 13.8 Å². The van der Waals surface area contributed by atoms with E-state index in [1.165, 1.54) is 13.8 Å². The van der Waals surface area contributed by atoms with Crippen molar-refractivity contribution in [1.29, 1.82) is 0 Å². The van der Waals surface area contributed by atoms with E-state index in [1.54, 1.807) is 12.3 Å². The van der Waals surface area contributed by atoms with Gasteiger partial charge in [-0.1, -0.05) is 6.07 Å². The third kappa shape index (κ3) is 4.61. The Hall–Kier alpha value is -2.89. The van der Waals surface area contributed by atoms with E-state index in [0.29, 0.717) is 5.82 Å². The number of hydrogen-bond donors (Lipinski definition) is 3. The van der Waals surface area contributed by atoms with Gasteiger partial charge in [0, 0.05) is 25.2 Å². The first kappa shape index (κ1) is 14.5. The quantitative estimate of drug-likeness (QED) is 0.806. The maximum absolute atomic E-state index is 11.0. The molecular weight excluding hydrogens is 268 g/mol. The first-order valence-electron chi connectivity index (χ1n) is 6.41. The highest BCUT2D eigenvalue weighted by Gasteiger charge is 2.00. The van der Waals surface area contributed by atoms with Gasteiger partial charge in [-0.05, 0) is 30.3 Å². The third-order valence-corrected chi connectivity index (χ3v) is 2.54. The van der Waals surface area contributed by atoms with Crippen molar-refractivity contribution in [2.24, 2.45) is 0 Å². The van der Waals surface area contributed by atoms with E-state index in [1.807, 2.05) is 30.3 Å². The number of pyridine rings is 1. The molecule has 2 aromatic rings. The highest BCUT2D eigenvalue weighted by atomic mass is 16.2. The van der Waals surface area contributed by atoms with Crippen molar-refractivity contribution in [3.8, 4) is 0 Å². The van der Waals surface area contributed by atoms with Crippen LogP contribution in [0.5, 0.6) is 0 Å². The zero-order valence-electron chi connectivity index (χ0n) is 11.8. The van der Waals surface area contributed by atoms with Crippen LogP contribution < -0.4 is 16.0 Å². The van der Waals surface area contributed by atoms with E-state index in [9.17, 15) is 9.59 Å². The molecule has 0 atom stereocenters. The highest BCUT2D eigenvalue weighted by molar-refractivity contribution is 5.89. The van der Waals surface area contributed by atoms with Crippen molar-refractivity contribution in [2.75, 3.05) is 16.0 Å². The summed E-state index contributed by atoms with van der Waals surface area (Å²) in [5.41, 5.74) is 2.33. The van der Waals surface area contributed by atoms with Crippen molar-refractivity contribution in [3.63, 3.8) is 0 Å². The Morgan fingerprint density at radius 2 is 1.62 bits per heavy atom. The molecule has 0 aliphatic heterocycles. The van der Waals surface area contributed by atoms with Crippen LogP contribution in [0.2, 0.25) is 0 Å². The Balaban J connectivity index is 2.07. The van der Waals surface area contributed by atoms with Gasteiger partial charge in [-0.25, -0.2) is 4.98 Å². The maximum Gasteiger partial charge on any atom is 0.222 e. The van der Waals surface area contributed by atoms with Gasteiger partial charge < -0.3 is 16.0 Å². The largest absolute Gasteiger partial charge is 0.354 e. The fraction of sp³-hybridized carbons (Fsp3) is 0.133. The number of carbonyl (C=O) groups is 2. The van der Waals surface area contributed by atoms with Crippen LogP contribution in [0.3, 0.4) is 0 Å². The minimum absolute atomic E-state index is 0.117. The summed E-state index contributed by atoms with van der Waals surface area (Å²) in [6.07, 6.45) is 1.62. The molecule has 0 spiro atoms. The Morgan fingerprint density at radius 1 is 0.905 bits per heavy atom. The predicted octanol–water partition coefficient (Wildman–Crippen LogP) is 2.74. The Labute approximate surface area is 122 Å². The molecule has 0 bridgehead atoms. The minimum atomic E-state index is -0.161. The van der Waals surface area contributed by atoms with Gasteiger partial charge in [0.1, 0.15) is 5.82 Å². The van der Waals surface area contributed by atoms with E-state index in [0.717, 1.165) is 17.1 Å². The van der Waals surface area contributed by atoms with Crippen LogP contribution in [-0.2, 0) is 9.59 Å². The number of hydrogen-bond acceptors (Lipinski definition) is 4. The molecule has 21 heavy (non-hydrogen) atoms. The lowest BCUT2D eigenvalue weighted by molar-refractivity contribution is -0.115. The summed E-state index contributed by atoms with van der Waals surface area (Å²) in [6, 6.07) is 10.9. The molecule has 0 saturated heterocycles. The lowest BCUT2D eigenvalue weighted by Gasteiger charge is -2.09. The second kappa shape index (κ2) is 6.51. The number of nitrogens with zero attached hydrogens (tertiary/aromatic N) is 1. The lowest BCUT2D eigenvalue weighted by Crippen LogP contribution is -2.07. The average molecular weight is 284 g/mol. The molecule has 6 nitrogen and oxygen atoms in total. The van der Waals surface area contributed by atoms with Gasteiger partial charge in [0.05, 0.1) is 11.9 Å². The molecule has 0 fully saturated rings. The highest BCUT2D eigenvalue weighted by Crippen LogP contribution is 2.20. The van der Waals surface area contributed by atoms with E-state index < -0.39 is 0 Å². The summed E-state index contributed by atoms with van der Waals surface area (Å²) < 4.78 is 0. The molecular formula is C15H16N4O2.